The van der Waals surface area contributed by atoms with Gasteiger partial charge in [-0.2, -0.15) is 0 Å². The van der Waals surface area contributed by atoms with E-state index in [4.69, 9.17) is 9.47 Å². The van der Waals surface area contributed by atoms with E-state index < -0.39 is 0 Å². The lowest BCUT2D eigenvalue weighted by Gasteiger charge is -2.18. The summed E-state index contributed by atoms with van der Waals surface area (Å²) in [7, 11) is 3.51. The third-order valence-electron chi connectivity index (χ3n) is 7.24. The Bertz CT molecular complexity index is 1370. The summed E-state index contributed by atoms with van der Waals surface area (Å²) in [5.41, 5.74) is 2.16. The van der Waals surface area contributed by atoms with Crippen LogP contribution in [-0.4, -0.2) is 45.2 Å². The van der Waals surface area contributed by atoms with E-state index in [0.717, 1.165) is 47.2 Å². The van der Waals surface area contributed by atoms with Crippen LogP contribution in [0.25, 0.3) is 0 Å². The predicted molar refractivity (Wildman–Crippen MR) is 169 cm³/mol. The zero-order chi connectivity index (χ0) is 28.7. The fourth-order valence-electron chi connectivity index (χ4n) is 5.08. The molecule has 0 radical (unpaired) electrons. The normalized spacial score (nSPS) is 18.5. The van der Waals surface area contributed by atoms with Crippen molar-refractivity contribution in [2.24, 2.45) is 0 Å². The molecule has 0 N–H and O–H groups in total. The third kappa shape index (κ3) is 7.49. The van der Waals surface area contributed by atoms with Gasteiger partial charge in [0.1, 0.15) is 23.0 Å². The first-order valence-electron chi connectivity index (χ1n) is 14.1. The summed E-state index contributed by atoms with van der Waals surface area (Å²) in [6.07, 6.45) is 1.07. The standard InChI is InChI=1S/C34H32N2O4S2/c37-33-19-31(23-35(33)21-25-11-15-29(16-12-25)39-27-7-3-1-4-8-27)41-42-32-20-34(38)36(24-32)22-26-13-17-30(18-14-26)40-28-9-5-2-6-10-28/h1-18,31-32H,19-24H2. The van der Waals surface area contributed by atoms with Gasteiger partial charge in [0.2, 0.25) is 11.8 Å². The van der Waals surface area contributed by atoms with Gasteiger partial charge < -0.3 is 19.3 Å². The van der Waals surface area contributed by atoms with Gasteiger partial charge in [-0.1, -0.05) is 82.3 Å². The van der Waals surface area contributed by atoms with E-state index in [1.54, 1.807) is 21.6 Å². The lowest BCUT2D eigenvalue weighted by Crippen LogP contribution is -2.25. The minimum atomic E-state index is 0.182. The lowest BCUT2D eigenvalue weighted by molar-refractivity contribution is -0.129. The second-order valence-electron chi connectivity index (χ2n) is 10.5. The summed E-state index contributed by atoms with van der Waals surface area (Å²) in [6, 6.07) is 35.2. The molecule has 0 saturated carbocycles. The Morgan fingerprint density at radius 2 is 0.881 bits per heavy atom. The summed E-state index contributed by atoms with van der Waals surface area (Å²) in [5, 5.41) is 0.453. The summed E-state index contributed by atoms with van der Waals surface area (Å²) in [4.78, 5) is 29.3. The third-order valence-corrected chi connectivity index (χ3v) is 10.5. The van der Waals surface area contributed by atoms with E-state index in [2.05, 4.69) is 0 Å². The molecule has 0 aromatic heterocycles. The maximum Gasteiger partial charge on any atom is 0.224 e. The number of nitrogens with zero attached hydrogens (tertiary/aromatic N) is 2. The number of hydrogen-bond acceptors (Lipinski definition) is 6. The van der Waals surface area contributed by atoms with Crippen molar-refractivity contribution >= 4 is 33.4 Å². The molecule has 8 heteroatoms. The molecule has 2 atom stereocenters. The number of likely N-dealkylation sites (tertiary alicyclic amines) is 2. The minimum absolute atomic E-state index is 0.182. The van der Waals surface area contributed by atoms with Crippen LogP contribution in [0.15, 0.2) is 109 Å². The van der Waals surface area contributed by atoms with Gasteiger partial charge >= 0.3 is 0 Å². The van der Waals surface area contributed by atoms with Crippen LogP contribution in [0.1, 0.15) is 24.0 Å². The second kappa shape index (κ2) is 13.4. The Morgan fingerprint density at radius 1 is 0.524 bits per heavy atom. The van der Waals surface area contributed by atoms with Crippen LogP contribution in [0.4, 0.5) is 0 Å². The molecule has 2 fully saturated rings. The van der Waals surface area contributed by atoms with Crippen LogP contribution in [0.5, 0.6) is 23.0 Å². The Hall–Kier alpha value is -3.88. The van der Waals surface area contributed by atoms with Crippen molar-refractivity contribution in [1.82, 2.24) is 9.80 Å². The first-order chi connectivity index (χ1) is 20.6. The molecule has 214 valence electrons. The molecular weight excluding hydrogens is 565 g/mol. The maximum absolute atomic E-state index is 12.7. The SMILES string of the molecule is O=C1CC(SSC2CC(=O)N(Cc3ccc(Oc4ccccc4)cc3)C2)CN1Cc1ccc(Oc2ccccc2)cc1. The molecule has 0 aliphatic carbocycles. The summed E-state index contributed by atoms with van der Waals surface area (Å²) in [5.74, 6) is 3.51. The Kier molecular flexibility index (Phi) is 9.01. The van der Waals surface area contributed by atoms with E-state index >= 15 is 0 Å². The molecule has 2 saturated heterocycles. The van der Waals surface area contributed by atoms with Gasteiger partial charge in [0.25, 0.3) is 0 Å². The minimum Gasteiger partial charge on any atom is -0.457 e. The second-order valence-corrected chi connectivity index (χ2v) is 13.4. The number of ether oxygens (including phenoxy) is 2. The van der Waals surface area contributed by atoms with Gasteiger partial charge in [-0.3, -0.25) is 9.59 Å². The molecule has 2 aliphatic rings. The van der Waals surface area contributed by atoms with E-state index in [0.29, 0.717) is 25.9 Å². The van der Waals surface area contributed by atoms with Gasteiger partial charge in [0.15, 0.2) is 0 Å². The summed E-state index contributed by atoms with van der Waals surface area (Å²) >= 11 is 0. The Balaban J connectivity index is 0.938. The van der Waals surface area contributed by atoms with Crippen molar-refractivity contribution in [3.8, 4) is 23.0 Å². The smallest absolute Gasteiger partial charge is 0.224 e. The topological polar surface area (TPSA) is 59.1 Å². The van der Waals surface area contributed by atoms with Gasteiger partial charge in [-0.15, -0.1) is 0 Å². The molecule has 0 bridgehead atoms. The van der Waals surface area contributed by atoms with Crippen LogP contribution in [0.3, 0.4) is 0 Å². The van der Waals surface area contributed by atoms with Crippen LogP contribution >= 0.6 is 21.6 Å². The van der Waals surface area contributed by atoms with E-state index in [-0.39, 0.29) is 22.3 Å². The molecular formula is C34H32N2O4S2. The highest BCUT2D eigenvalue weighted by atomic mass is 33.1. The van der Waals surface area contributed by atoms with Crippen LogP contribution < -0.4 is 9.47 Å². The van der Waals surface area contributed by atoms with E-state index in [1.807, 2.05) is 119 Å². The van der Waals surface area contributed by atoms with Crippen molar-refractivity contribution in [3.05, 3.63) is 120 Å². The van der Waals surface area contributed by atoms with Crippen molar-refractivity contribution < 1.29 is 19.1 Å². The maximum atomic E-state index is 12.7. The highest BCUT2D eigenvalue weighted by molar-refractivity contribution is 8.77. The van der Waals surface area contributed by atoms with Crippen molar-refractivity contribution in [2.45, 2.75) is 36.4 Å². The average molecular weight is 597 g/mol. The molecule has 2 amide bonds. The first-order valence-corrected chi connectivity index (χ1v) is 16.4. The molecule has 0 spiro atoms. The number of para-hydroxylation sites is 2. The fraction of sp³-hybridized carbons (Fsp3) is 0.235. The van der Waals surface area contributed by atoms with Gasteiger partial charge in [0.05, 0.1) is 0 Å². The van der Waals surface area contributed by atoms with Crippen LogP contribution in [0.2, 0.25) is 0 Å². The van der Waals surface area contributed by atoms with Gasteiger partial charge in [-0.05, 0) is 59.7 Å². The largest absolute Gasteiger partial charge is 0.457 e. The zero-order valence-corrected chi connectivity index (χ0v) is 24.8. The quantitative estimate of drug-likeness (QED) is 0.167. The molecule has 6 rings (SSSR count). The number of amides is 2. The number of carbonyl (C=O) groups is 2. The Morgan fingerprint density at radius 3 is 1.26 bits per heavy atom. The number of carbonyl (C=O) groups excluding carboxylic acids is 2. The van der Waals surface area contributed by atoms with E-state index in [9.17, 15) is 9.59 Å². The van der Waals surface area contributed by atoms with Crippen LogP contribution in [-0.2, 0) is 22.7 Å². The molecule has 6 nitrogen and oxygen atoms in total. The molecule has 2 heterocycles. The summed E-state index contributed by atoms with van der Waals surface area (Å²) < 4.78 is 11.8. The monoisotopic (exact) mass is 596 g/mol. The number of hydrogen-bond donors (Lipinski definition) is 0. The lowest BCUT2D eigenvalue weighted by atomic mass is 10.2. The molecule has 2 aliphatic heterocycles. The highest BCUT2D eigenvalue weighted by Gasteiger charge is 2.34. The molecule has 4 aromatic rings. The highest BCUT2D eigenvalue weighted by Crippen LogP contribution is 2.40. The van der Waals surface area contributed by atoms with Gasteiger partial charge in [0, 0.05) is 49.5 Å². The summed E-state index contributed by atoms with van der Waals surface area (Å²) in [6.45, 7) is 2.63. The van der Waals surface area contributed by atoms with Gasteiger partial charge in [-0.25, -0.2) is 0 Å². The predicted octanol–water partition coefficient (Wildman–Crippen LogP) is 7.55. The zero-order valence-electron chi connectivity index (χ0n) is 23.1. The first kappa shape index (κ1) is 28.2. The molecule has 2 unspecified atom stereocenters. The fourth-order valence-corrected chi connectivity index (χ4v) is 8.01. The van der Waals surface area contributed by atoms with Crippen molar-refractivity contribution in [2.75, 3.05) is 13.1 Å². The molecule has 42 heavy (non-hydrogen) atoms. The van der Waals surface area contributed by atoms with Crippen molar-refractivity contribution in [3.63, 3.8) is 0 Å². The number of rotatable bonds is 11. The van der Waals surface area contributed by atoms with E-state index in [1.165, 1.54) is 0 Å². The number of benzene rings is 4. The van der Waals surface area contributed by atoms with Crippen molar-refractivity contribution in [1.29, 1.82) is 0 Å². The average Bonchev–Trinajstić information content (AvgIpc) is 3.55. The van der Waals surface area contributed by atoms with Crippen LogP contribution in [0, 0.1) is 0 Å². The molecule has 4 aromatic carbocycles. The Labute approximate surface area is 254 Å².